The SMILES string of the molecule is CCCCc1nn(-c2nc(OC)nc(-n3nc(CCCC)c(/N=N/c4c(C(=O)C5CO5)cnn4C)c3N)n2)c(N)c1/N=N/c1c(C(=O)C(C)O)cnn1C. The number of nitrogen functional groups attached to an aromatic ring is 2. The molecule has 0 amide bonds. The fraction of sp³-hybridized carbons (Fsp3) is 0.469. The Morgan fingerprint density at radius 3 is 1.80 bits per heavy atom. The van der Waals surface area contributed by atoms with Gasteiger partial charge in [0.05, 0.1) is 48.6 Å². The quantitative estimate of drug-likeness (QED) is 0.0697. The summed E-state index contributed by atoms with van der Waals surface area (Å²) in [5, 5.41) is 45.1. The molecule has 284 valence electrons. The number of methoxy groups -OCH3 is 1. The van der Waals surface area contributed by atoms with Crippen LogP contribution in [0.3, 0.4) is 0 Å². The molecule has 5 aromatic heterocycles. The molecular formula is C32H41N17O5. The number of epoxide rings is 1. The molecule has 5 aromatic rings. The van der Waals surface area contributed by atoms with Crippen molar-refractivity contribution in [3.63, 3.8) is 0 Å². The number of aliphatic hydroxyl groups excluding tert-OH is 1. The maximum atomic E-state index is 12.8. The van der Waals surface area contributed by atoms with Crippen LogP contribution < -0.4 is 16.2 Å². The van der Waals surface area contributed by atoms with Gasteiger partial charge in [-0.05, 0) is 32.6 Å². The lowest BCUT2D eigenvalue weighted by Crippen LogP contribution is -2.15. The molecule has 0 bridgehead atoms. The number of ketones is 2. The van der Waals surface area contributed by atoms with Gasteiger partial charge in [0.1, 0.15) is 12.2 Å². The van der Waals surface area contributed by atoms with Crippen molar-refractivity contribution in [2.45, 2.75) is 71.5 Å². The van der Waals surface area contributed by atoms with Crippen LogP contribution in [0.1, 0.15) is 78.6 Å². The van der Waals surface area contributed by atoms with Gasteiger partial charge in [0.2, 0.25) is 0 Å². The molecule has 0 radical (unpaired) electrons. The van der Waals surface area contributed by atoms with Gasteiger partial charge >= 0.3 is 6.01 Å². The molecule has 6 heterocycles. The third kappa shape index (κ3) is 7.45. The Kier molecular flexibility index (Phi) is 10.9. The summed E-state index contributed by atoms with van der Waals surface area (Å²) in [5.41, 5.74) is 15.2. The molecule has 1 aliphatic heterocycles. The fourth-order valence-electron chi connectivity index (χ4n) is 5.34. The standard InChI is InChI=1S/C32H41N17O5/c1-7-9-11-19-22(40-42-28-17(13-35-46(28)4)24(51)16(3)50)26(33)48(44-19)30-37-31(39-32(38-30)53-6)49-27(34)23(20(45-49)12-10-8-2)41-43-29-18(14-36-47(29)5)25(52)21-15-54-21/h13-14,16,21,50H,7-12,15,33-34H2,1-6H3/b42-40+,43-41+. The van der Waals surface area contributed by atoms with Crippen LogP contribution in [0.5, 0.6) is 6.01 Å². The lowest BCUT2D eigenvalue weighted by Gasteiger charge is -2.08. The summed E-state index contributed by atoms with van der Waals surface area (Å²) in [4.78, 5) is 38.8. The summed E-state index contributed by atoms with van der Waals surface area (Å²) in [6.45, 7) is 5.78. The van der Waals surface area contributed by atoms with Crippen molar-refractivity contribution in [3.8, 4) is 17.9 Å². The Balaban J connectivity index is 1.42. The van der Waals surface area contributed by atoms with Gasteiger partial charge in [0.15, 0.2) is 46.2 Å². The molecule has 1 aliphatic rings. The van der Waals surface area contributed by atoms with Crippen molar-refractivity contribution < 1.29 is 24.2 Å². The topological polar surface area (TPSA) is 288 Å². The van der Waals surface area contributed by atoms with E-state index in [1.54, 1.807) is 14.1 Å². The first-order valence-electron chi connectivity index (χ1n) is 17.3. The van der Waals surface area contributed by atoms with Crippen LogP contribution in [0, 0.1) is 0 Å². The Morgan fingerprint density at radius 1 is 0.870 bits per heavy atom. The van der Waals surface area contributed by atoms with E-state index in [2.05, 4.69) is 50.7 Å². The molecule has 22 heteroatoms. The largest absolute Gasteiger partial charge is 0.467 e. The van der Waals surface area contributed by atoms with Crippen LogP contribution in [0.4, 0.5) is 34.6 Å². The van der Waals surface area contributed by atoms with Crippen molar-refractivity contribution in [2.24, 2.45) is 34.6 Å². The molecular weight excluding hydrogens is 702 g/mol. The monoisotopic (exact) mass is 743 g/mol. The number of rotatable bonds is 17. The maximum Gasteiger partial charge on any atom is 0.322 e. The van der Waals surface area contributed by atoms with Crippen LogP contribution in [0.15, 0.2) is 32.9 Å². The van der Waals surface area contributed by atoms with Gasteiger partial charge in [-0.3, -0.25) is 9.59 Å². The predicted molar refractivity (Wildman–Crippen MR) is 192 cm³/mol. The first-order valence-corrected chi connectivity index (χ1v) is 17.3. The van der Waals surface area contributed by atoms with Crippen molar-refractivity contribution in [1.29, 1.82) is 0 Å². The molecule has 1 saturated heterocycles. The lowest BCUT2D eigenvalue weighted by atomic mass is 10.1. The average Bonchev–Trinajstić information content (AvgIpc) is 3.63. The van der Waals surface area contributed by atoms with E-state index < -0.39 is 18.0 Å². The molecule has 0 aliphatic carbocycles. The van der Waals surface area contributed by atoms with Gasteiger partial charge in [-0.15, -0.1) is 20.5 Å². The van der Waals surface area contributed by atoms with E-state index in [-0.39, 0.29) is 69.5 Å². The number of carbonyl (C=O) groups is 2. The fourth-order valence-corrected chi connectivity index (χ4v) is 5.34. The molecule has 6 rings (SSSR count). The summed E-state index contributed by atoms with van der Waals surface area (Å²) in [5.74, 6) is -0.379. The highest BCUT2D eigenvalue weighted by Gasteiger charge is 2.35. The van der Waals surface area contributed by atoms with Crippen molar-refractivity contribution >= 4 is 46.2 Å². The molecule has 0 saturated carbocycles. The highest BCUT2D eigenvalue weighted by molar-refractivity contribution is 6.04. The van der Waals surface area contributed by atoms with Gasteiger partial charge < -0.3 is 26.0 Å². The van der Waals surface area contributed by atoms with Gasteiger partial charge in [0.25, 0.3) is 11.9 Å². The zero-order valence-corrected chi connectivity index (χ0v) is 30.7. The molecule has 0 spiro atoms. The first kappa shape index (κ1) is 37.5. The number of carbonyl (C=O) groups excluding carboxylic acids is 2. The van der Waals surface area contributed by atoms with Crippen LogP contribution >= 0.6 is 0 Å². The van der Waals surface area contributed by atoms with E-state index in [0.29, 0.717) is 30.8 Å². The zero-order valence-electron chi connectivity index (χ0n) is 30.7. The number of aliphatic hydroxyl groups is 1. The number of nitrogens with two attached hydrogens (primary N) is 2. The number of anilines is 2. The number of Topliss-reactive ketones (excluding diaryl/α,β-unsaturated/α-hetero) is 2. The predicted octanol–water partition coefficient (Wildman–Crippen LogP) is 3.54. The molecule has 1 fully saturated rings. The van der Waals surface area contributed by atoms with E-state index in [9.17, 15) is 14.7 Å². The minimum Gasteiger partial charge on any atom is -0.467 e. The number of unbranched alkanes of at least 4 members (excludes halogenated alkanes) is 2. The van der Waals surface area contributed by atoms with E-state index in [4.69, 9.17) is 26.0 Å². The third-order valence-corrected chi connectivity index (χ3v) is 8.46. The number of hydrogen-bond donors (Lipinski definition) is 3. The van der Waals surface area contributed by atoms with Crippen LogP contribution in [0.25, 0.3) is 11.9 Å². The minimum atomic E-state index is -1.26. The Labute approximate surface area is 308 Å². The minimum absolute atomic E-state index is 0.0276. The molecule has 2 atom stereocenters. The van der Waals surface area contributed by atoms with E-state index >= 15 is 0 Å². The first-order chi connectivity index (χ1) is 26.0. The van der Waals surface area contributed by atoms with Crippen LogP contribution in [-0.4, -0.2) is 96.7 Å². The highest BCUT2D eigenvalue weighted by atomic mass is 16.6. The van der Waals surface area contributed by atoms with Crippen LogP contribution in [-0.2, 0) is 31.7 Å². The number of nitrogens with zero attached hydrogens (tertiary/aromatic N) is 15. The second-order valence-corrected chi connectivity index (χ2v) is 12.5. The molecule has 0 aromatic carbocycles. The molecule has 54 heavy (non-hydrogen) atoms. The second kappa shape index (κ2) is 15.8. The van der Waals surface area contributed by atoms with Crippen LogP contribution in [0.2, 0.25) is 0 Å². The Hall–Kier alpha value is -6.29. The van der Waals surface area contributed by atoms with Crippen molar-refractivity contribution in [3.05, 3.63) is 34.9 Å². The number of hydrogen-bond acceptors (Lipinski definition) is 18. The van der Waals surface area contributed by atoms with E-state index in [1.807, 2.05) is 13.8 Å². The summed E-state index contributed by atoms with van der Waals surface area (Å²) in [6.07, 6.45) is 5.21. The lowest BCUT2D eigenvalue weighted by molar-refractivity contribution is 0.0780. The molecule has 5 N–H and O–H groups in total. The Morgan fingerprint density at radius 2 is 1.35 bits per heavy atom. The Bertz CT molecular complexity index is 2100. The summed E-state index contributed by atoms with van der Waals surface area (Å²) in [7, 11) is 4.64. The van der Waals surface area contributed by atoms with Gasteiger partial charge in [0, 0.05) is 14.1 Å². The smallest absolute Gasteiger partial charge is 0.322 e. The second-order valence-electron chi connectivity index (χ2n) is 12.5. The number of ether oxygens (including phenoxy) is 2. The zero-order chi connectivity index (χ0) is 38.7. The number of aromatic nitrogens is 11. The summed E-state index contributed by atoms with van der Waals surface area (Å²) in [6, 6.07) is -0.0899. The highest BCUT2D eigenvalue weighted by Crippen LogP contribution is 2.35. The van der Waals surface area contributed by atoms with Gasteiger partial charge in [-0.25, -0.2) is 9.36 Å². The number of aryl methyl sites for hydroxylation is 4. The summed E-state index contributed by atoms with van der Waals surface area (Å²) < 4.78 is 16.0. The van der Waals surface area contributed by atoms with Crippen molar-refractivity contribution in [1.82, 2.24) is 54.1 Å². The number of azo groups is 2. The van der Waals surface area contributed by atoms with Gasteiger partial charge in [-0.2, -0.15) is 44.7 Å². The van der Waals surface area contributed by atoms with E-state index in [0.717, 1.165) is 25.7 Å². The van der Waals surface area contributed by atoms with Gasteiger partial charge in [-0.1, -0.05) is 26.7 Å². The van der Waals surface area contributed by atoms with Crippen molar-refractivity contribution in [2.75, 3.05) is 25.2 Å². The molecule has 22 nitrogen and oxygen atoms in total. The average molecular weight is 744 g/mol. The van der Waals surface area contributed by atoms with E-state index in [1.165, 1.54) is 45.2 Å². The summed E-state index contributed by atoms with van der Waals surface area (Å²) >= 11 is 0. The third-order valence-electron chi connectivity index (χ3n) is 8.46. The normalized spacial score (nSPS) is 14.8. The maximum absolute atomic E-state index is 12.8. The molecule has 2 unspecified atom stereocenters.